The van der Waals surface area contributed by atoms with Gasteiger partial charge in [0, 0.05) is 0 Å². The van der Waals surface area contributed by atoms with Gasteiger partial charge in [-0.15, -0.1) is 0 Å². The van der Waals surface area contributed by atoms with Crippen molar-refractivity contribution in [2.24, 2.45) is 17.8 Å². The van der Waals surface area contributed by atoms with Crippen molar-refractivity contribution in [2.45, 2.75) is 389 Å². The highest BCUT2D eigenvalue weighted by molar-refractivity contribution is 5.88. The van der Waals surface area contributed by atoms with Crippen LogP contribution in [0.5, 0.6) is 0 Å². The average Bonchev–Trinajstić information content (AvgIpc) is 3.32. The Morgan fingerprint density at radius 2 is 0.411 bits per heavy atom. The summed E-state index contributed by atoms with van der Waals surface area (Å²) in [6.07, 6.45) is 68.1. The molecule has 0 saturated carbocycles. The fourth-order valence-electron chi connectivity index (χ4n) is 9.49. The Balaban J connectivity index is -0.000000440. The van der Waals surface area contributed by atoms with Gasteiger partial charge < -0.3 is 20.4 Å². The summed E-state index contributed by atoms with van der Waals surface area (Å²) in [6, 6.07) is 0. The molecular formula is C66H134O7. The van der Waals surface area contributed by atoms with E-state index in [0.29, 0.717) is 0 Å². The first-order chi connectivity index (χ1) is 35.1. The van der Waals surface area contributed by atoms with Crippen molar-refractivity contribution >= 4 is 17.9 Å². The quantitative estimate of drug-likeness (QED) is 0.0446. The van der Waals surface area contributed by atoms with Crippen LogP contribution >= 0.6 is 0 Å². The van der Waals surface area contributed by atoms with Crippen molar-refractivity contribution in [3.63, 3.8) is 0 Å². The number of aliphatic carboxylic acids is 3. The largest absolute Gasteiger partial charge is 0.481 e. The maximum absolute atomic E-state index is 10.3. The molecule has 0 aromatic carbocycles. The monoisotopic (exact) mass is 1040 g/mol. The van der Waals surface area contributed by atoms with Crippen molar-refractivity contribution < 1.29 is 34.8 Å². The lowest BCUT2D eigenvalue weighted by Crippen LogP contribution is -2.42. The Labute approximate surface area is 457 Å². The second-order valence-corrected chi connectivity index (χ2v) is 23.9. The van der Waals surface area contributed by atoms with Gasteiger partial charge in [-0.05, 0) is 17.8 Å². The van der Waals surface area contributed by atoms with Crippen LogP contribution in [0.4, 0.5) is 0 Å². The second kappa shape index (κ2) is 64.7. The van der Waals surface area contributed by atoms with E-state index < -0.39 is 36.4 Å². The zero-order valence-electron chi connectivity index (χ0n) is 51.1. The van der Waals surface area contributed by atoms with Crippen LogP contribution in [0.2, 0.25) is 0 Å². The van der Waals surface area contributed by atoms with Crippen molar-refractivity contribution in [1.29, 1.82) is 0 Å². The molecule has 7 heteroatoms. The standard InChI is InChI=1S/3C20H42.C6H8O7/c3*1-4-5-6-7-8-9-10-11-12-13-14-15-16-17-18-19-20(2)3;7-3(8)1-6(13,5(11)12)2-4(9)10/h3*20H,4-19H2,1-3H3;13H,1-2H2,(H,7,8)(H,9,10)(H,11,12). The number of carbonyl (C=O) groups is 3. The van der Waals surface area contributed by atoms with Crippen LogP contribution in [0.3, 0.4) is 0 Å². The summed E-state index contributed by atoms with van der Waals surface area (Å²) in [5.41, 5.74) is -2.74. The molecule has 0 bridgehead atoms. The molecule has 0 aromatic heterocycles. The van der Waals surface area contributed by atoms with Gasteiger partial charge in [0.15, 0.2) is 5.60 Å². The summed E-state index contributed by atoms with van der Waals surface area (Å²) in [5, 5.41) is 33.8. The van der Waals surface area contributed by atoms with E-state index in [9.17, 15) is 14.4 Å². The van der Waals surface area contributed by atoms with Crippen molar-refractivity contribution in [1.82, 2.24) is 0 Å². The minimum Gasteiger partial charge on any atom is -0.481 e. The number of rotatable bonds is 53. The number of carboxylic acid groups (broad SMARTS) is 3. The van der Waals surface area contributed by atoms with Gasteiger partial charge >= 0.3 is 17.9 Å². The topological polar surface area (TPSA) is 132 Å². The summed E-state index contributed by atoms with van der Waals surface area (Å²) in [7, 11) is 0. The number of carboxylic acids is 3. The number of aliphatic hydroxyl groups is 1. The van der Waals surface area contributed by atoms with Gasteiger partial charge in [-0.1, -0.05) is 371 Å². The molecule has 0 rings (SSSR count). The molecule has 0 unspecified atom stereocenters. The molecule has 0 spiro atoms. The molecule has 440 valence electrons. The Hall–Kier alpha value is -1.63. The maximum Gasteiger partial charge on any atom is 0.336 e. The average molecular weight is 1040 g/mol. The summed E-state index contributed by atoms with van der Waals surface area (Å²) < 4.78 is 0. The first-order valence-corrected chi connectivity index (χ1v) is 32.5. The summed E-state index contributed by atoms with van der Waals surface area (Å²) >= 11 is 0. The van der Waals surface area contributed by atoms with Crippen LogP contribution in [-0.2, 0) is 14.4 Å². The molecule has 0 saturated heterocycles. The van der Waals surface area contributed by atoms with Crippen LogP contribution in [0.15, 0.2) is 0 Å². The molecule has 0 radical (unpaired) electrons. The Morgan fingerprint density at radius 3 is 0.521 bits per heavy atom. The molecule has 0 atom stereocenters. The fourth-order valence-corrected chi connectivity index (χ4v) is 9.49. The molecule has 0 heterocycles. The van der Waals surface area contributed by atoms with Crippen molar-refractivity contribution in [3.05, 3.63) is 0 Å². The van der Waals surface area contributed by atoms with E-state index in [1.54, 1.807) is 0 Å². The third-order valence-electron chi connectivity index (χ3n) is 14.4. The van der Waals surface area contributed by atoms with Crippen LogP contribution in [0.1, 0.15) is 383 Å². The third kappa shape index (κ3) is 77.0. The van der Waals surface area contributed by atoms with E-state index in [1.807, 2.05) is 0 Å². The second-order valence-electron chi connectivity index (χ2n) is 23.9. The van der Waals surface area contributed by atoms with Gasteiger partial charge in [0.25, 0.3) is 0 Å². The molecule has 0 aliphatic rings. The van der Waals surface area contributed by atoms with E-state index in [1.165, 1.54) is 308 Å². The minimum atomic E-state index is -2.74. The lowest BCUT2D eigenvalue weighted by molar-refractivity contribution is -0.170. The van der Waals surface area contributed by atoms with Gasteiger partial charge in [-0.3, -0.25) is 9.59 Å². The summed E-state index contributed by atoms with van der Waals surface area (Å²) in [4.78, 5) is 30.5. The van der Waals surface area contributed by atoms with E-state index in [4.69, 9.17) is 20.4 Å². The molecule has 0 amide bonds. The summed E-state index contributed by atoms with van der Waals surface area (Å²) in [6.45, 7) is 20.9. The molecule has 0 fully saturated rings. The molecule has 0 aliphatic heterocycles. The third-order valence-corrected chi connectivity index (χ3v) is 14.4. The fraction of sp³-hybridized carbons (Fsp3) is 0.955. The van der Waals surface area contributed by atoms with Gasteiger partial charge in [-0.2, -0.15) is 0 Å². The van der Waals surface area contributed by atoms with E-state index in [0.717, 1.165) is 17.8 Å². The number of hydrogen-bond donors (Lipinski definition) is 4. The van der Waals surface area contributed by atoms with Gasteiger partial charge in [0.1, 0.15) is 0 Å². The highest BCUT2D eigenvalue weighted by Crippen LogP contribution is 2.19. The smallest absolute Gasteiger partial charge is 0.336 e. The Kier molecular flexibility index (Phi) is 69.0. The zero-order chi connectivity index (χ0) is 55.3. The first kappa shape index (κ1) is 77.9. The maximum atomic E-state index is 10.3. The molecule has 0 aromatic rings. The SMILES string of the molecule is CCCCCCCCCCCCCCCCCC(C)C.CCCCCCCCCCCCCCCCCC(C)C.CCCCCCCCCCCCCCCCCC(C)C.O=C(O)CC(O)(CC(=O)O)C(=O)O. The molecular weight excluding hydrogens is 905 g/mol. The Morgan fingerprint density at radius 1 is 0.274 bits per heavy atom. The predicted octanol–water partition coefficient (Wildman–Crippen LogP) is 22.5. The first-order valence-electron chi connectivity index (χ1n) is 32.5. The van der Waals surface area contributed by atoms with E-state index >= 15 is 0 Å². The molecule has 7 nitrogen and oxygen atoms in total. The van der Waals surface area contributed by atoms with E-state index in [2.05, 4.69) is 62.3 Å². The Bertz CT molecular complexity index is 965. The number of hydrogen-bond acceptors (Lipinski definition) is 4. The van der Waals surface area contributed by atoms with Crippen LogP contribution < -0.4 is 0 Å². The highest BCUT2D eigenvalue weighted by atomic mass is 16.4. The van der Waals surface area contributed by atoms with E-state index in [-0.39, 0.29) is 0 Å². The van der Waals surface area contributed by atoms with Crippen molar-refractivity contribution in [3.8, 4) is 0 Å². The van der Waals surface area contributed by atoms with Crippen molar-refractivity contribution in [2.75, 3.05) is 0 Å². The lowest BCUT2D eigenvalue weighted by atomic mass is 9.96. The number of unbranched alkanes of at least 4 members (excludes halogenated alkanes) is 42. The van der Waals surface area contributed by atoms with Crippen LogP contribution in [0.25, 0.3) is 0 Å². The molecule has 73 heavy (non-hydrogen) atoms. The van der Waals surface area contributed by atoms with Crippen LogP contribution in [0, 0.1) is 17.8 Å². The predicted molar refractivity (Wildman–Crippen MR) is 320 cm³/mol. The lowest BCUT2D eigenvalue weighted by Gasteiger charge is -2.18. The normalized spacial score (nSPS) is 11.3. The summed E-state index contributed by atoms with van der Waals surface area (Å²) in [5.74, 6) is -2.32. The zero-order valence-corrected chi connectivity index (χ0v) is 51.1. The van der Waals surface area contributed by atoms with Gasteiger partial charge in [0.05, 0.1) is 12.8 Å². The highest BCUT2D eigenvalue weighted by Gasteiger charge is 2.40. The van der Waals surface area contributed by atoms with Gasteiger partial charge in [0.2, 0.25) is 0 Å². The molecule has 0 aliphatic carbocycles. The van der Waals surface area contributed by atoms with Crippen LogP contribution in [-0.4, -0.2) is 43.9 Å². The molecule has 4 N–H and O–H groups in total. The minimum absolute atomic E-state index is 0.900. The van der Waals surface area contributed by atoms with Gasteiger partial charge in [-0.25, -0.2) is 4.79 Å².